The molecule has 1 aromatic heterocycles. The van der Waals surface area contributed by atoms with Gasteiger partial charge in [-0.1, -0.05) is 23.2 Å². The van der Waals surface area contributed by atoms with Gasteiger partial charge in [0.05, 0.1) is 17.3 Å². The summed E-state index contributed by atoms with van der Waals surface area (Å²) in [5.41, 5.74) is 0.722. The van der Waals surface area contributed by atoms with Crippen LogP contribution >= 0.6 is 23.2 Å². The third-order valence-electron chi connectivity index (χ3n) is 2.17. The van der Waals surface area contributed by atoms with E-state index < -0.39 is 0 Å². The van der Waals surface area contributed by atoms with Crippen LogP contribution in [0.4, 0.5) is 0 Å². The van der Waals surface area contributed by atoms with Crippen molar-refractivity contribution in [1.29, 1.82) is 0 Å². The molecule has 0 N–H and O–H groups in total. The van der Waals surface area contributed by atoms with Gasteiger partial charge in [0.2, 0.25) is 0 Å². The van der Waals surface area contributed by atoms with Gasteiger partial charge in [0, 0.05) is 6.61 Å². The van der Waals surface area contributed by atoms with Crippen LogP contribution in [0.1, 0.15) is 18.5 Å². The molecule has 0 radical (unpaired) electrons. The Morgan fingerprint density at radius 3 is 2.86 bits per heavy atom. The number of rotatable bonds is 4. The van der Waals surface area contributed by atoms with Crippen molar-refractivity contribution in [2.24, 2.45) is 5.92 Å². The van der Waals surface area contributed by atoms with E-state index >= 15 is 0 Å². The summed E-state index contributed by atoms with van der Waals surface area (Å²) in [7, 11) is 0. The van der Waals surface area contributed by atoms with Crippen molar-refractivity contribution < 1.29 is 4.74 Å². The Hall–Kier alpha value is -0.310. The van der Waals surface area contributed by atoms with Gasteiger partial charge in [-0.25, -0.2) is 4.98 Å². The molecule has 14 heavy (non-hydrogen) atoms. The number of hydrogen-bond acceptors (Lipinski definition) is 2. The lowest BCUT2D eigenvalue weighted by Crippen LogP contribution is -1.99. The van der Waals surface area contributed by atoms with Crippen molar-refractivity contribution in [2.75, 3.05) is 6.61 Å². The van der Waals surface area contributed by atoms with Crippen molar-refractivity contribution in [3.63, 3.8) is 0 Å². The Bertz CT molecular complexity index is 326. The molecule has 0 bridgehead atoms. The second-order valence-electron chi connectivity index (χ2n) is 3.52. The molecule has 4 heteroatoms. The van der Waals surface area contributed by atoms with Gasteiger partial charge < -0.3 is 4.74 Å². The molecule has 0 atom stereocenters. The minimum atomic E-state index is 0.454. The molecule has 1 fully saturated rings. The highest BCUT2D eigenvalue weighted by atomic mass is 35.5. The normalized spacial score (nSPS) is 15.9. The number of pyridine rings is 1. The fourth-order valence-electron chi connectivity index (χ4n) is 1.17. The first kappa shape index (κ1) is 10.2. The molecule has 0 spiro atoms. The number of aromatic nitrogens is 1. The van der Waals surface area contributed by atoms with Crippen molar-refractivity contribution in [3.05, 3.63) is 28.0 Å². The van der Waals surface area contributed by atoms with Gasteiger partial charge in [0.1, 0.15) is 5.15 Å². The molecule has 1 aliphatic carbocycles. The lowest BCUT2D eigenvalue weighted by Gasteiger charge is -2.04. The molecule has 1 heterocycles. The second kappa shape index (κ2) is 4.47. The highest BCUT2D eigenvalue weighted by Crippen LogP contribution is 2.29. The van der Waals surface area contributed by atoms with E-state index in [0.29, 0.717) is 16.8 Å². The molecule has 0 amide bonds. The number of nitrogens with zero attached hydrogens (tertiary/aromatic N) is 1. The zero-order chi connectivity index (χ0) is 9.97. The summed E-state index contributed by atoms with van der Waals surface area (Å²) >= 11 is 11.7. The maximum absolute atomic E-state index is 5.93. The fourth-order valence-corrected chi connectivity index (χ4v) is 1.49. The minimum Gasteiger partial charge on any atom is -0.375 e. The molecule has 0 aliphatic heterocycles. The van der Waals surface area contributed by atoms with Crippen LogP contribution in [0.5, 0.6) is 0 Å². The molecule has 1 saturated carbocycles. The first-order valence-corrected chi connectivity index (χ1v) is 5.40. The van der Waals surface area contributed by atoms with Crippen LogP contribution in [0.25, 0.3) is 0 Å². The second-order valence-corrected chi connectivity index (χ2v) is 4.32. The van der Waals surface area contributed by atoms with E-state index in [4.69, 9.17) is 27.9 Å². The number of halogens is 2. The monoisotopic (exact) mass is 231 g/mol. The molecule has 1 aromatic rings. The molecule has 0 aromatic carbocycles. The third-order valence-corrected chi connectivity index (χ3v) is 2.73. The molecular weight excluding hydrogens is 221 g/mol. The van der Waals surface area contributed by atoms with Gasteiger partial charge in [0.15, 0.2) is 0 Å². The van der Waals surface area contributed by atoms with E-state index in [0.717, 1.165) is 18.2 Å². The fraction of sp³-hybridized carbons (Fsp3) is 0.500. The van der Waals surface area contributed by atoms with Crippen molar-refractivity contribution in [1.82, 2.24) is 4.98 Å². The van der Waals surface area contributed by atoms with Crippen molar-refractivity contribution >= 4 is 23.2 Å². The highest BCUT2D eigenvalue weighted by molar-refractivity contribution is 6.32. The van der Waals surface area contributed by atoms with Crippen LogP contribution in [0.15, 0.2) is 12.1 Å². The van der Waals surface area contributed by atoms with Gasteiger partial charge in [-0.2, -0.15) is 0 Å². The number of ether oxygens (including phenoxy) is 1. The Kier molecular flexibility index (Phi) is 3.26. The van der Waals surface area contributed by atoms with E-state index in [1.54, 1.807) is 12.1 Å². The predicted octanol–water partition coefficient (Wildman–Crippen LogP) is 3.32. The van der Waals surface area contributed by atoms with E-state index in [1.807, 2.05) is 0 Å². The minimum absolute atomic E-state index is 0.454. The summed E-state index contributed by atoms with van der Waals surface area (Å²) in [6.45, 7) is 1.26. The standard InChI is InChI=1S/C10H11Cl2NO/c11-8-3-4-10(12)13-9(8)6-14-5-7-1-2-7/h3-4,7H,1-2,5-6H2. The van der Waals surface area contributed by atoms with E-state index in [9.17, 15) is 0 Å². The van der Waals surface area contributed by atoms with Crippen LogP contribution in [-0.4, -0.2) is 11.6 Å². The van der Waals surface area contributed by atoms with Gasteiger partial charge in [0.25, 0.3) is 0 Å². The lowest BCUT2D eigenvalue weighted by molar-refractivity contribution is 0.109. The Morgan fingerprint density at radius 2 is 2.14 bits per heavy atom. The van der Waals surface area contributed by atoms with E-state index in [1.165, 1.54) is 12.8 Å². The zero-order valence-electron chi connectivity index (χ0n) is 7.67. The average Bonchev–Trinajstić information content (AvgIpc) is 2.95. The summed E-state index contributed by atoms with van der Waals surface area (Å²) in [5.74, 6) is 0.757. The van der Waals surface area contributed by atoms with Gasteiger partial charge in [-0.05, 0) is 30.9 Å². The largest absolute Gasteiger partial charge is 0.375 e. The summed E-state index contributed by atoms with van der Waals surface area (Å²) < 4.78 is 5.47. The van der Waals surface area contributed by atoms with Crippen LogP contribution in [0.3, 0.4) is 0 Å². The summed E-state index contributed by atoms with van der Waals surface area (Å²) in [4.78, 5) is 4.10. The molecule has 2 rings (SSSR count). The van der Waals surface area contributed by atoms with Crippen molar-refractivity contribution in [3.8, 4) is 0 Å². The molecule has 0 saturated heterocycles. The topological polar surface area (TPSA) is 22.1 Å². The third kappa shape index (κ3) is 2.84. The zero-order valence-corrected chi connectivity index (χ0v) is 9.18. The molecule has 0 unspecified atom stereocenters. The summed E-state index contributed by atoms with van der Waals surface area (Å²) in [5, 5.41) is 1.07. The SMILES string of the molecule is Clc1ccc(Cl)c(COCC2CC2)n1. The van der Waals surface area contributed by atoms with E-state index in [-0.39, 0.29) is 0 Å². The molecule has 76 valence electrons. The summed E-state index contributed by atoms with van der Waals surface area (Å²) in [6, 6.07) is 3.42. The lowest BCUT2D eigenvalue weighted by atomic mass is 10.3. The number of hydrogen-bond donors (Lipinski definition) is 0. The maximum Gasteiger partial charge on any atom is 0.129 e. The van der Waals surface area contributed by atoms with Gasteiger partial charge in [-0.15, -0.1) is 0 Å². The molecular formula is C10H11Cl2NO. The molecule has 2 nitrogen and oxygen atoms in total. The quantitative estimate of drug-likeness (QED) is 0.743. The van der Waals surface area contributed by atoms with Crippen LogP contribution < -0.4 is 0 Å². The summed E-state index contributed by atoms with van der Waals surface area (Å²) in [6.07, 6.45) is 2.58. The van der Waals surface area contributed by atoms with E-state index in [2.05, 4.69) is 4.98 Å². The van der Waals surface area contributed by atoms with Crippen molar-refractivity contribution in [2.45, 2.75) is 19.4 Å². The highest BCUT2D eigenvalue weighted by Gasteiger charge is 2.21. The Labute approximate surface area is 93.2 Å². The Balaban J connectivity index is 1.89. The molecule has 1 aliphatic rings. The smallest absolute Gasteiger partial charge is 0.129 e. The van der Waals surface area contributed by atoms with Crippen LogP contribution in [0, 0.1) is 5.92 Å². The Morgan fingerprint density at radius 1 is 1.36 bits per heavy atom. The predicted molar refractivity (Wildman–Crippen MR) is 56.6 cm³/mol. The first-order valence-electron chi connectivity index (χ1n) is 4.64. The first-order chi connectivity index (χ1) is 6.75. The van der Waals surface area contributed by atoms with Crippen LogP contribution in [0.2, 0.25) is 10.2 Å². The average molecular weight is 232 g/mol. The van der Waals surface area contributed by atoms with Crippen LogP contribution in [-0.2, 0) is 11.3 Å². The van der Waals surface area contributed by atoms with Gasteiger partial charge >= 0.3 is 0 Å². The van der Waals surface area contributed by atoms with Gasteiger partial charge in [-0.3, -0.25) is 0 Å². The maximum atomic E-state index is 5.93.